The number of anilines is 1. The zero-order valence-corrected chi connectivity index (χ0v) is 10.3. The fourth-order valence-electron chi connectivity index (χ4n) is 1.34. The van der Waals surface area contributed by atoms with Gasteiger partial charge in [-0.15, -0.1) is 0 Å². The number of halogens is 2. The smallest absolute Gasteiger partial charge is 0.325 e. The van der Waals surface area contributed by atoms with E-state index in [1.165, 1.54) is 6.07 Å². The molecule has 0 heterocycles. The van der Waals surface area contributed by atoms with Gasteiger partial charge in [-0.3, -0.25) is 14.9 Å². The van der Waals surface area contributed by atoms with E-state index >= 15 is 0 Å². The van der Waals surface area contributed by atoms with Gasteiger partial charge in [0.1, 0.15) is 0 Å². The van der Waals surface area contributed by atoms with Crippen molar-refractivity contribution in [3.05, 3.63) is 29.8 Å². The molecule has 0 atom stereocenters. The Morgan fingerprint density at radius 3 is 2.50 bits per heavy atom. The van der Waals surface area contributed by atoms with E-state index in [0.717, 1.165) is 12.1 Å². The molecule has 1 rings (SSSR count). The van der Waals surface area contributed by atoms with Crippen molar-refractivity contribution in [3.63, 3.8) is 0 Å². The molecule has 0 saturated carbocycles. The maximum atomic E-state index is 13.2. The summed E-state index contributed by atoms with van der Waals surface area (Å²) in [4.78, 5) is 32.8. The van der Waals surface area contributed by atoms with E-state index in [1.54, 1.807) is 0 Å². The number of nitrogens with one attached hydrogen (secondary N) is 2. The van der Waals surface area contributed by atoms with Crippen molar-refractivity contribution in [1.29, 1.82) is 0 Å². The third kappa shape index (κ3) is 5.01. The van der Waals surface area contributed by atoms with Gasteiger partial charge in [0.25, 0.3) is 0 Å². The van der Waals surface area contributed by atoms with E-state index in [-0.39, 0.29) is 19.3 Å². The third-order valence-electron chi connectivity index (χ3n) is 2.25. The van der Waals surface area contributed by atoms with Crippen LogP contribution in [0.5, 0.6) is 0 Å². The van der Waals surface area contributed by atoms with Gasteiger partial charge in [0, 0.05) is 12.8 Å². The monoisotopic (exact) mass is 286 g/mol. The van der Waals surface area contributed by atoms with Gasteiger partial charge in [-0.25, -0.2) is 13.6 Å². The Morgan fingerprint density at radius 2 is 1.85 bits per heavy atom. The normalized spacial score (nSPS) is 9.90. The molecule has 20 heavy (non-hydrogen) atoms. The average molecular weight is 286 g/mol. The second-order valence-corrected chi connectivity index (χ2v) is 3.85. The van der Waals surface area contributed by atoms with Gasteiger partial charge in [0.2, 0.25) is 5.91 Å². The molecular weight excluding hydrogens is 274 g/mol. The van der Waals surface area contributed by atoms with Crippen LogP contribution >= 0.6 is 0 Å². The quantitative estimate of drug-likeness (QED) is 0.770. The molecule has 6 nitrogen and oxygen atoms in total. The van der Waals surface area contributed by atoms with E-state index in [4.69, 9.17) is 5.11 Å². The summed E-state index contributed by atoms with van der Waals surface area (Å²) >= 11 is 0. The van der Waals surface area contributed by atoms with Gasteiger partial charge in [-0.05, 0) is 18.6 Å². The van der Waals surface area contributed by atoms with Crippen LogP contribution in [-0.2, 0) is 9.59 Å². The number of carbonyl (C=O) groups excluding carboxylic acids is 2. The van der Waals surface area contributed by atoms with E-state index in [2.05, 4.69) is 0 Å². The first kappa shape index (κ1) is 15.5. The SMILES string of the molecule is O=C(O)CCCC(=O)NC(=O)Nc1cccc(F)c1F. The second-order valence-electron chi connectivity index (χ2n) is 3.85. The summed E-state index contributed by atoms with van der Waals surface area (Å²) in [6.07, 6.45) is -0.290. The van der Waals surface area contributed by atoms with Crippen LogP contribution in [0.4, 0.5) is 19.3 Å². The van der Waals surface area contributed by atoms with Crippen LogP contribution in [-0.4, -0.2) is 23.0 Å². The van der Waals surface area contributed by atoms with Gasteiger partial charge in [0.05, 0.1) is 5.69 Å². The van der Waals surface area contributed by atoms with Crippen molar-refractivity contribution in [2.24, 2.45) is 0 Å². The standard InChI is InChI=1S/C12H12F2N2O4/c13-7-3-1-4-8(11(7)14)15-12(20)16-9(17)5-2-6-10(18)19/h1,3-4H,2,5-6H2,(H,18,19)(H2,15,16,17,20). The minimum atomic E-state index is -1.24. The van der Waals surface area contributed by atoms with Crippen molar-refractivity contribution in [1.82, 2.24) is 5.32 Å². The molecule has 0 spiro atoms. The van der Waals surface area contributed by atoms with Gasteiger partial charge >= 0.3 is 12.0 Å². The first-order chi connectivity index (χ1) is 9.40. The molecule has 0 radical (unpaired) electrons. The van der Waals surface area contributed by atoms with Crippen molar-refractivity contribution >= 4 is 23.6 Å². The topological polar surface area (TPSA) is 95.5 Å². The van der Waals surface area contributed by atoms with Crippen molar-refractivity contribution in [3.8, 4) is 0 Å². The zero-order valence-electron chi connectivity index (χ0n) is 10.3. The highest BCUT2D eigenvalue weighted by molar-refractivity contribution is 6.01. The fourth-order valence-corrected chi connectivity index (χ4v) is 1.34. The summed E-state index contributed by atoms with van der Waals surface area (Å²) in [6, 6.07) is 2.19. The number of urea groups is 1. The summed E-state index contributed by atoms with van der Waals surface area (Å²) in [6.45, 7) is 0. The maximum absolute atomic E-state index is 13.2. The number of carbonyl (C=O) groups is 3. The number of carboxylic acid groups (broad SMARTS) is 1. The lowest BCUT2D eigenvalue weighted by Gasteiger charge is -2.07. The summed E-state index contributed by atoms with van der Waals surface area (Å²) in [5.41, 5.74) is -0.402. The van der Waals surface area contributed by atoms with Gasteiger partial charge in [0.15, 0.2) is 11.6 Å². The lowest BCUT2D eigenvalue weighted by molar-refractivity contribution is -0.137. The van der Waals surface area contributed by atoms with Crippen LogP contribution in [0.2, 0.25) is 0 Å². The Labute approximate surface area is 112 Å². The molecule has 0 aliphatic heterocycles. The highest BCUT2D eigenvalue weighted by atomic mass is 19.2. The Kier molecular flexibility index (Phi) is 5.57. The molecule has 0 aromatic heterocycles. The number of carboxylic acids is 1. The van der Waals surface area contributed by atoms with Crippen LogP contribution in [0.1, 0.15) is 19.3 Å². The number of rotatable bonds is 5. The van der Waals surface area contributed by atoms with Crippen LogP contribution in [0.25, 0.3) is 0 Å². The molecule has 0 unspecified atom stereocenters. The molecule has 3 amide bonds. The molecule has 1 aromatic carbocycles. The summed E-state index contributed by atoms with van der Waals surface area (Å²) < 4.78 is 26.1. The van der Waals surface area contributed by atoms with Crippen molar-refractivity contribution < 1.29 is 28.3 Å². The number of hydrogen-bond acceptors (Lipinski definition) is 3. The number of amides is 3. The first-order valence-electron chi connectivity index (χ1n) is 5.67. The Morgan fingerprint density at radius 1 is 1.15 bits per heavy atom. The largest absolute Gasteiger partial charge is 0.481 e. The summed E-state index contributed by atoms with van der Waals surface area (Å²) in [5.74, 6) is -4.12. The van der Waals surface area contributed by atoms with E-state index in [0.29, 0.717) is 0 Å². The molecule has 0 aliphatic rings. The fraction of sp³-hybridized carbons (Fsp3) is 0.250. The van der Waals surface area contributed by atoms with E-state index in [9.17, 15) is 23.2 Å². The number of hydrogen-bond donors (Lipinski definition) is 3. The van der Waals surface area contributed by atoms with Crippen LogP contribution in [0.3, 0.4) is 0 Å². The number of aliphatic carboxylic acids is 1. The van der Waals surface area contributed by atoms with Gasteiger partial charge in [-0.2, -0.15) is 0 Å². The Balaban J connectivity index is 2.45. The van der Waals surface area contributed by atoms with E-state index in [1.807, 2.05) is 10.6 Å². The zero-order chi connectivity index (χ0) is 15.1. The molecule has 8 heteroatoms. The number of benzene rings is 1. The third-order valence-corrected chi connectivity index (χ3v) is 2.25. The lowest BCUT2D eigenvalue weighted by Crippen LogP contribution is -2.34. The van der Waals surface area contributed by atoms with Crippen molar-refractivity contribution in [2.75, 3.05) is 5.32 Å². The molecular formula is C12H12F2N2O4. The lowest BCUT2D eigenvalue weighted by atomic mass is 10.2. The summed E-state index contributed by atoms with van der Waals surface area (Å²) in [5, 5.41) is 12.2. The molecule has 108 valence electrons. The molecule has 0 bridgehead atoms. The van der Waals surface area contributed by atoms with Crippen LogP contribution < -0.4 is 10.6 Å². The average Bonchev–Trinajstić information content (AvgIpc) is 2.34. The predicted molar refractivity (Wildman–Crippen MR) is 65.0 cm³/mol. The molecule has 3 N–H and O–H groups in total. The molecule has 0 aliphatic carbocycles. The molecule has 0 fully saturated rings. The Bertz CT molecular complexity index is 534. The Hall–Kier alpha value is -2.51. The minimum Gasteiger partial charge on any atom is -0.481 e. The summed E-state index contributed by atoms with van der Waals surface area (Å²) in [7, 11) is 0. The maximum Gasteiger partial charge on any atom is 0.325 e. The highest BCUT2D eigenvalue weighted by Crippen LogP contribution is 2.16. The first-order valence-corrected chi connectivity index (χ1v) is 5.67. The highest BCUT2D eigenvalue weighted by Gasteiger charge is 2.12. The second kappa shape index (κ2) is 7.17. The van der Waals surface area contributed by atoms with Gasteiger partial charge in [-0.1, -0.05) is 6.07 Å². The number of imide groups is 1. The minimum absolute atomic E-state index is 0.0722. The predicted octanol–water partition coefficient (Wildman–Crippen LogP) is 1.87. The molecule has 0 saturated heterocycles. The van der Waals surface area contributed by atoms with Crippen molar-refractivity contribution in [2.45, 2.75) is 19.3 Å². The van der Waals surface area contributed by atoms with Crippen LogP contribution in [0.15, 0.2) is 18.2 Å². The van der Waals surface area contributed by atoms with Crippen LogP contribution in [0, 0.1) is 11.6 Å². The van der Waals surface area contributed by atoms with Gasteiger partial charge < -0.3 is 10.4 Å². The molecule has 1 aromatic rings. The van der Waals surface area contributed by atoms with E-state index < -0.39 is 35.2 Å².